The van der Waals surface area contributed by atoms with Gasteiger partial charge in [-0.2, -0.15) is 0 Å². The van der Waals surface area contributed by atoms with Crippen molar-refractivity contribution >= 4 is 5.91 Å². The quantitative estimate of drug-likeness (QED) is 0.849. The first kappa shape index (κ1) is 16.8. The van der Waals surface area contributed by atoms with E-state index in [1.54, 1.807) is 6.26 Å². The highest BCUT2D eigenvalue weighted by Gasteiger charge is 2.24. The lowest BCUT2D eigenvalue weighted by Gasteiger charge is -2.26. The summed E-state index contributed by atoms with van der Waals surface area (Å²) in [5.41, 5.74) is 1.09. The fraction of sp³-hybridized carbons (Fsp3) is 0.450. The summed E-state index contributed by atoms with van der Waals surface area (Å²) in [6.07, 6.45) is 7.57. The van der Waals surface area contributed by atoms with Crippen LogP contribution in [0.5, 0.6) is 0 Å². The van der Waals surface area contributed by atoms with E-state index in [9.17, 15) is 4.79 Å². The average molecular weight is 326 g/mol. The van der Waals surface area contributed by atoms with Crippen molar-refractivity contribution in [3.63, 3.8) is 0 Å². The number of nitrogens with one attached hydrogen (secondary N) is 2. The average Bonchev–Trinajstić information content (AvgIpc) is 3.15. The molecule has 2 aromatic rings. The maximum atomic E-state index is 12.5. The predicted octanol–water partition coefficient (Wildman–Crippen LogP) is 3.80. The molecule has 0 saturated heterocycles. The van der Waals surface area contributed by atoms with Gasteiger partial charge in [-0.05, 0) is 37.5 Å². The Morgan fingerprint density at radius 3 is 2.50 bits per heavy atom. The van der Waals surface area contributed by atoms with Crippen LogP contribution in [0.4, 0.5) is 0 Å². The number of benzene rings is 1. The maximum Gasteiger partial charge on any atom is 0.237 e. The Hall–Kier alpha value is -2.07. The lowest BCUT2D eigenvalue weighted by Crippen LogP contribution is -2.47. The first-order valence-electron chi connectivity index (χ1n) is 8.89. The Balaban J connectivity index is 1.66. The van der Waals surface area contributed by atoms with Crippen LogP contribution in [0, 0.1) is 0 Å². The lowest BCUT2D eigenvalue weighted by molar-refractivity contribution is -0.123. The van der Waals surface area contributed by atoms with Crippen LogP contribution in [0.2, 0.25) is 0 Å². The molecule has 0 spiro atoms. The third kappa shape index (κ3) is 4.26. The van der Waals surface area contributed by atoms with Crippen LogP contribution >= 0.6 is 0 Å². The Morgan fingerprint density at radius 2 is 1.83 bits per heavy atom. The van der Waals surface area contributed by atoms with Crippen molar-refractivity contribution in [3.05, 3.63) is 60.1 Å². The molecule has 1 aromatic carbocycles. The summed E-state index contributed by atoms with van der Waals surface area (Å²) in [6.45, 7) is 1.91. The fourth-order valence-electron chi connectivity index (χ4n) is 3.34. The van der Waals surface area contributed by atoms with Crippen LogP contribution in [0.25, 0.3) is 0 Å². The second-order valence-corrected chi connectivity index (χ2v) is 6.59. The molecule has 1 amide bonds. The van der Waals surface area contributed by atoms with Gasteiger partial charge < -0.3 is 9.73 Å². The van der Waals surface area contributed by atoms with E-state index in [0.717, 1.165) is 24.2 Å². The first-order valence-corrected chi connectivity index (χ1v) is 8.89. The van der Waals surface area contributed by atoms with Crippen molar-refractivity contribution in [2.24, 2.45) is 0 Å². The summed E-state index contributed by atoms with van der Waals surface area (Å²) in [4.78, 5) is 12.5. The molecular weight excluding hydrogens is 300 g/mol. The third-order valence-corrected chi connectivity index (χ3v) is 4.72. The SMILES string of the molecule is C[C@H](N[C@@H](c1ccccc1)c1ccco1)C(=O)NC1CCCCC1. The molecule has 128 valence electrons. The molecule has 0 aliphatic heterocycles. The molecule has 4 heteroatoms. The van der Waals surface area contributed by atoms with E-state index in [2.05, 4.69) is 10.6 Å². The number of rotatable bonds is 6. The molecule has 1 aliphatic rings. The molecule has 1 aliphatic carbocycles. The number of furan rings is 1. The van der Waals surface area contributed by atoms with Gasteiger partial charge >= 0.3 is 0 Å². The standard InChI is InChI=1S/C20H26N2O2/c1-15(20(23)22-17-11-6-3-7-12-17)21-19(18-13-8-14-24-18)16-9-4-2-5-10-16/h2,4-5,8-10,13-15,17,19,21H,3,6-7,11-12H2,1H3,(H,22,23)/t15-,19-/m0/s1. The second kappa shape index (κ2) is 8.15. The number of hydrogen-bond donors (Lipinski definition) is 2. The molecule has 3 rings (SSSR count). The molecule has 4 nitrogen and oxygen atoms in total. The molecule has 1 aromatic heterocycles. The predicted molar refractivity (Wildman–Crippen MR) is 94.6 cm³/mol. The van der Waals surface area contributed by atoms with Gasteiger partial charge in [0.2, 0.25) is 5.91 Å². The molecule has 0 unspecified atom stereocenters. The second-order valence-electron chi connectivity index (χ2n) is 6.59. The summed E-state index contributed by atoms with van der Waals surface area (Å²) in [7, 11) is 0. The molecule has 2 N–H and O–H groups in total. The van der Waals surface area contributed by atoms with Crippen LogP contribution in [0.3, 0.4) is 0 Å². The molecule has 1 fully saturated rings. The number of carbonyl (C=O) groups excluding carboxylic acids is 1. The molecule has 0 radical (unpaired) electrons. The monoisotopic (exact) mass is 326 g/mol. The third-order valence-electron chi connectivity index (χ3n) is 4.72. The fourth-order valence-corrected chi connectivity index (χ4v) is 3.34. The van der Waals surface area contributed by atoms with Gasteiger partial charge in [0.1, 0.15) is 5.76 Å². The van der Waals surface area contributed by atoms with Gasteiger partial charge in [-0.1, -0.05) is 49.6 Å². The highest BCUT2D eigenvalue weighted by Crippen LogP contribution is 2.23. The molecule has 1 saturated carbocycles. The van der Waals surface area contributed by atoms with E-state index in [4.69, 9.17) is 4.42 Å². The van der Waals surface area contributed by atoms with E-state index in [0.29, 0.717) is 6.04 Å². The molecule has 0 bridgehead atoms. The Kier molecular flexibility index (Phi) is 5.70. The highest BCUT2D eigenvalue weighted by atomic mass is 16.3. The van der Waals surface area contributed by atoms with Crippen LogP contribution < -0.4 is 10.6 Å². The maximum absolute atomic E-state index is 12.5. The van der Waals surface area contributed by atoms with Gasteiger partial charge in [-0.3, -0.25) is 10.1 Å². The number of carbonyl (C=O) groups is 1. The van der Waals surface area contributed by atoms with Crippen molar-refractivity contribution in [1.29, 1.82) is 0 Å². The van der Waals surface area contributed by atoms with Gasteiger partial charge in [0.25, 0.3) is 0 Å². The zero-order valence-corrected chi connectivity index (χ0v) is 14.2. The van der Waals surface area contributed by atoms with Crippen LogP contribution in [0.15, 0.2) is 53.1 Å². The number of amides is 1. The van der Waals surface area contributed by atoms with Gasteiger partial charge in [0, 0.05) is 6.04 Å². The van der Waals surface area contributed by atoms with E-state index < -0.39 is 0 Å². The van der Waals surface area contributed by atoms with Crippen molar-refractivity contribution in [1.82, 2.24) is 10.6 Å². The molecule has 1 heterocycles. The molecule has 2 atom stereocenters. The lowest BCUT2D eigenvalue weighted by atomic mass is 9.95. The van der Waals surface area contributed by atoms with Gasteiger partial charge in [-0.15, -0.1) is 0 Å². The highest BCUT2D eigenvalue weighted by molar-refractivity contribution is 5.81. The minimum Gasteiger partial charge on any atom is -0.467 e. The van der Waals surface area contributed by atoms with Crippen LogP contribution in [-0.4, -0.2) is 18.0 Å². The van der Waals surface area contributed by atoms with Gasteiger partial charge in [0.05, 0.1) is 18.3 Å². The summed E-state index contributed by atoms with van der Waals surface area (Å²) in [5, 5.41) is 6.61. The Labute approximate surface area is 143 Å². The van der Waals surface area contributed by atoms with Crippen LogP contribution in [0.1, 0.15) is 56.4 Å². The summed E-state index contributed by atoms with van der Waals surface area (Å²) in [5.74, 6) is 0.882. The van der Waals surface area contributed by atoms with Crippen molar-refractivity contribution in [3.8, 4) is 0 Å². The zero-order chi connectivity index (χ0) is 16.8. The van der Waals surface area contributed by atoms with Crippen LogP contribution in [-0.2, 0) is 4.79 Å². The van der Waals surface area contributed by atoms with E-state index >= 15 is 0 Å². The first-order chi connectivity index (χ1) is 11.7. The van der Waals surface area contributed by atoms with Crippen molar-refractivity contribution < 1.29 is 9.21 Å². The Morgan fingerprint density at radius 1 is 1.08 bits per heavy atom. The zero-order valence-electron chi connectivity index (χ0n) is 14.2. The van der Waals surface area contributed by atoms with E-state index in [1.807, 2.05) is 49.4 Å². The molecular formula is C20H26N2O2. The number of hydrogen-bond acceptors (Lipinski definition) is 3. The van der Waals surface area contributed by atoms with Crippen molar-refractivity contribution in [2.45, 2.75) is 57.2 Å². The smallest absolute Gasteiger partial charge is 0.237 e. The van der Waals surface area contributed by atoms with Crippen molar-refractivity contribution in [2.75, 3.05) is 0 Å². The van der Waals surface area contributed by atoms with E-state index in [1.165, 1.54) is 19.3 Å². The topological polar surface area (TPSA) is 54.3 Å². The minimum absolute atomic E-state index is 0.0642. The van der Waals surface area contributed by atoms with Gasteiger partial charge in [-0.25, -0.2) is 0 Å². The molecule has 24 heavy (non-hydrogen) atoms. The summed E-state index contributed by atoms with van der Waals surface area (Å²) in [6, 6.07) is 13.8. The Bertz CT molecular complexity index is 618. The normalized spacial score (nSPS) is 18.0. The summed E-state index contributed by atoms with van der Waals surface area (Å²) < 4.78 is 5.59. The largest absolute Gasteiger partial charge is 0.467 e. The summed E-state index contributed by atoms with van der Waals surface area (Å²) >= 11 is 0. The van der Waals surface area contributed by atoms with Gasteiger partial charge in [0.15, 0.2) is 0 Å². The van der Waals surface area contributed by atoms with E-state index in [-0.39, 0.29) is 18.0 Å². The minimum atomic E-state index is -0.290.